The van der Waals surface area contributed by atoms with Gasteiger partial charge in [0.05, 0.1) is 5.02 Å². The maximum Gasteiger partial charge on any atom is 0.167 e. The lowest BCUT2D eigenvalue weighted by Gasteiger charge is -2.05. The highest BCUT2D eigenvalue weighted by Crippen LogP contribution is 2.22. The van der Waals surface area contributed by atoms with Gasteiger partial charge in [0.1, 0.15) is 5.82 Å². The third-order valence-corrected chi connectivity index (χ3v) is 3.65. The van der Waals surface area contributed by atoms with Crippen LogP contribution in [0.3, 0.4) is 0 Å². The van der Waals surface area contributed by atoms with Crippen LogP contribution in [0.2, 0.25) is 5.02 Å². The molecule has 2 aromatic rings. The molecule has 2 nitrogen and oxygen atoms in total. The number of ketones is 1. The maximum absolute atomic E-state index is 13.0. The van der Waals surface area contributed by atoms with Crippen LogP contribution in [0.5, 0.6) is 0 Å². The smallest absolute Gasteiger partial charge is 0.167 e. The maximum atomic E-state index is 13.0. The molecule has 0 saturated carbocycles. The minimum atomic E-state index is -0.493. The lowest BCUT2D eigenvalue weighted by molar-refractivity contribution is 0.0993. The SMILES string of the molecule is Nc1ccc(C(=O)Cc2ccc(F)c(Cl)c2)cc1Br. The number of carbonyl (C=O) groups is 1. The van der Waals surface area contributed by atoms with Crippen LogP contribution >= 0.6 is 27.5 Å². The lowest BCUT2D eigenvalue weighted by atomic mass is 10.0. The Morgan fingerprint density at radius 1 is 1.26 bits per heavy atom. The van der Waals surface area contributed by atoms with Crippen LogP contribution in [0.1, 0.15) is 15.9 Å². The Labute approximate surface area is 123 Å². The van der Waals surface area contributed by atoms with E-state index in [1.807, 2.05) is 0 Å². The number of benzene rings is 2. The monoisotopic (exact) mass is 341 g/mol. The molecule has 0 aromatic heterocycles. The van der Waals surface area contributed by atoms with Gasteiger partial charge in [0, 0.05) is 22.1 Å². The zero-order valence-electron chi connectivity index (χ0n) is 9.79. The largest absolute Gasteiger partial charge is 0.398 e. The number of rotatable bonds is 3. The summed E-state index contributed by atoms with van der Waals surface area (Å²) in [4.78, 5) is 12.1. The van der Waals surface area contributed by atoms with Crippen molar-refractivity contribution in [1.29, 1.82) is 0 Å². The average molecular weight is 343 g/mol. The van der Waals surface area contributed by atoms with Crippen molar-refractivity contribution in [2.45, 2.75) is 6.42 Å². The van der Waals surface area contributed by atoms with Crippen LogP contribution in [0.25, 0.3) is 0 Å². The Morgan fingerprint density at radius 3 is 2.63 bits per heavy atom. The molecule has 0 heterocycles. The molecule has 0 spiro atoms. The Bertz CT molecular complexity index is 645. The van der Waals surface area contributed by atoms with Gasteiger partial charge in [-0.05, 0) is 51.8 Å². The van der Waals surface area contributed by atoms with E-state index in [4.69, 9.17) is 17.3 Å². The molecule has 0 unspecified atom stereocenters. The van der Waals surface area contributed by atoms with E-state index in [1.54, 1.807) is 24.3 Å². The van der Waals surface area contributed by atoms with Crippen molar-refractivity contribution in [2.75, 3.05) is 5.73 Å². The summed E-state index contributed by atoms with van der Waals surface area (Å²) in [5, 5.41) is 0.0174. The fraction of sp³-hybridized carbons (Fsp3) is 0.0714. The molecule has 5 heteroatoms. The van der Waals surface area contributed by atoms with Gasteiger partial charge in [0.2, 0.25) is 0 Å². The van der Waals surface area contributed by atoms with Crippen molar-refractivity contribution in [3.05, 3.63) is 62.8 Å². The van der Waals surface area contributed by atoms with Gasteiger partial charge in [0.25, 0.3) is 0 Å². The van der Waals surface area contributed by atoms with Gasteiger partial charge in [0.15, 0.2) is 5.78 Å². The van der Waals surface area contributed by atoms with Crippen molar-refractivity contribution in [2.24, 2.45) is 0 Å². The topological polar surface area (TPSA) is 43.1 Å². The zero-order valence-corrected chi connectivity index (χ0v) is 12.1. The highest BCUT2D eigenvalue weighted by molar-refractivity contribution is 9.10. The molecule has 0 aliphatic carbocycles. The van der Waals surface area contributed by atoms with Crippen molar-refractivity contribution in [3.8, 4) is 0 Å². The van der Waals surface area contributed by atoms with Gasteiger partial charge in [-0.2, -0.15) is 0 Å². The summed E-state index contributed by atoms with van der Waals surface area (Å²) < 4.78 is 13.7. The fourth-order valence-corrected chi connectivity index (χ4v) is 2.22. The van der Waals surface area contributed by atoms with Crippen molar-refractivity contribution in [1.82, 2.24) is 0 Å². The third-order valence-electron chi connectivity index (χ3n) is 2.67. The highest BCUT2D eigenvalue weighted by atomic mass is 79.9. The molecule has 0 aliphatic heterocycles. The Morgan fingerprint density at radius 2 is 2.00 bits per heavy atom. The molecule has 0 bridgehead atoms. The summed E-state index contributed by atoms with van der Waals surface area (Å²) in [6.45, 7) is 0. The highest BCUT2D eigenvalue weighted by Gasteiger charge is 2.10. The number of halogens is 3. The zero-order chi connectivity index (χ0) is 14.0. The number of hydrogen-bond donors (Lipinski definition) is 1. The molecule has 0 saturated heterocycles. The molecule has 2 rings (SSSR count). The van der Waals surface area contributed by atoms with Crippen LogP contribution in [0, 0.1) is 5.82 Å². The fourth-order valence-electron chi connectivity index (χ4n) is 1.64. The Hall–Kier alpha value is -1.39. The van der Waals surface area contributed by atoms with Crippen LogP contribution in [-0.2, 0) is 6.42 Å². The third kappa shape index (κ3) is 3.33. The molecule has 0 atom stereocenters. The molecule has 0 aliphatic rings. The van der Waals surface area contributed by atoms with Gasteiger partial charge in [-0.25, -0.2) is 4.39 Å². The molecule has 0 radical (unpaired) electrons. The second kappa shape index (κ2) is 5.72. The van der Waals surface area contributed by atoms with Gasteiger partial charge in [-0.15, -0.1) is 0 Å². The van der Waals surface area contributed by atoms with E-state index in [1.165, 1.54) is 12.1 Å². The standard InChI is InChI=1S/C14H10BrClFNO/c15-10-7-9(2-4-13(10)18)14(19)6-8-1-3-12(17)11(16)5-8/h1-5,7H,6,18H2. The first kappa shape index (κ1) is 14.0. The number of hydrogen-bond acceptors (Lipinski definition) is 2. The number of anilines is 1. The van der Waals surface area contributed by atoms with Gasteiger partial charge in [-0.1, -0.05) is 17.7 Å². The number of nitrogen functional groups attached to an aromatic ring is 1. The quantitative estimate of drug-likeness (QED) is 0.669. The summed E-state index contributed by atoms with van der Waals surface area (Å²) in [7, 11) is 0. The summed E-state index contributed by atoms with van der Waals surface area (Å²) in [5.74, 6) is -0.573. The molecular formula is C14H10BrClFNO. The van der Waals surface area contributed by atoms with E-state index in [9.17, 15) is 9.18 Å². The van der Waals surface area contributed by atoms with Gasteiger partial charge >= 0.3 is 0 Å². The summed E-state index contributed by atoms with van der Waals surface area (Å²) in [6, 6.07) is 9.25. The normalized spacial score (nSPS) is 10.5. The summed E-state index contributed by atoms with van der Waals surface area (Å²) in [6.07, 6.45) is 0.163. The molecule has 0 fully saturated rings. The Kier molecular flexibility index (Phi) is 4.22. The minimum Gasteiger partial charge on any atom is -0.398 e. The van der Waals surface area contributed by atoms with Crippen molar-refractivity contribution < 1.29 is 9.18 Å². The van der Waals surface area contributed by atoms with Crippen molar-refractivity contribution in [3.63, 3.8) is 0 Å². The number of Topliss-reactive ketones (excluding diaryl/α,β-unsaturated/α-hetero) is 1. The van der Waals surface area contributed by atoms with E-state index in [0.29, 0.717) is 21.3 Å². The first-order valence-corrected chi connectivity index (χ1v) is 6.66. The second-order valence-corrected chi connectivity index (χ2v) is 5.35. The van der Waals surface area contributed by atoms with Crippen molar-refractivity contribution >= 4 is 39.0 Å². The van der Waals surface area contributed by atoms with E-state index >= 15 is 0 Å². The van der Waals surface area contributed by atoms with Gasteiger partial charge < -0.3 is 5.73 Å². The van der Waals surface area contributed by atoms with E-state index in [2.05, 4.69) is 15.9 Å². The summed E-state index contributed by atoms with van der Waals surface area (Å²) in [5.41, 5.74) is 7.45. The lowest BCUT2D eigenvalue weighted by Crippen LogP contribution is -2.04. The molecule has 2 aromatic carbocycles. The second-order valence-electron chi connectivity index (χ2n) is 4.08. The van der Waals surface area contributed by atoms with Crippen LogP contribution in [-0.4, -0.2) is 5.78 Å². The molecule has 98 valence electrons. The van der Waals surface area contributed by atoms with E-state index < -0.39 is 5.82 Å². The molecule has 19 heavy (non-hydrogen) atoms. The van der Waals surface area contributed by atoms with E-state index in [0.717, 1.165) is 0 Å². The minimum absolute atomic E-state index is 0.0174. The summed E-state index contributed by atoms with van der Waals surface area (Å²) >= 11 is 8.95. The van der Waals surface area contributed by atoms with Crippen LogP contribution < -0.4 is 5.73 Å². The predicted octanol–water partition coefficient (Wildman–Crippen LogP) is 4.25. The predicted molar refractivity (Wildman–Crippen MR) is 78.0 cm³/mol. The first-order valence-electron chi connectivity index (χ1n) is 5.49. The van der Waals surface area contributed by atoms with Gasteiger partial charge in [-0.3, -0.25) is 4.79 Å². The number of nitrogens with two attached hydrogens (primary N) is 1. The van der Waals surface area contributed by atoms with Crippen LogP contribution in [0.15, 0.2) is 40.9 Å². The first-order chi connectivity index (χ1) is 8.97. The van der Waals surface area contributed by atoms with Crippen LogP contribution in [0.4, 0.5) is 10.1 Å². The Balaban J connectivity index is 2.20. The van der Waals surface area contributed by atoms with E-state index in [-0.39, 0.29) is 17.2 Å². The average Bonchev–Trinajstić information content (AvgIpc) is 2.37. The molecular weight excluding hydrogens is 333 g/mol. The number of carbonyl (C=O) groups excluding carboxylic acids is 1. The molecule has 0 amide bonds. The molecule has 2 N–H and O–H groups in total.